The number of fused-ring (bicyclic) bond motifs is 1. The predicted octanol–water partition coefficient (Wildman–Crippen LogP) is 1.09. The number of carbonyl (C=O) groups excluding carboxylic acids is 1. The SMILES string of the molecule is CC[C@@H](O)CN1CCN(C(=O)c2c[nH]c3ncccc23)CC1. The van der Waals surface area contributed by atoms with Crippen molar-refractivity contribution in [3.63, 3.8) is 0 Å². The maximum atomic E-state index is 12.7. The Labute approximate surface area is 129 Å². The molecule has 0 aromatic carbocycles. The summed E-state index contributed by atoms with van der Waals surface area (Å²) in [5.74, 6) is 0.0509. The number of H-pyrrole nitrogens is 1. The molecule has 118 valence electrons. The average Bonchev–Trinajstić information content (AvgIpc) is 2.99. The van der Waals surface area contributed by atoms with Gasteiger partial charge in [0.25, 0.3) is 5.91 Å². The molecule has 0 spiro atoms. The summed E-state index contributed by atoms with van der Waals surface area (Å²) in [6.07, 6.45) is 3.95. The van der Waals surface area contributed by atoms with Gasteiger partial charge in [0.05, 0.1) is 11.7 Å². The van der Waals surface area contributed by atoms with E-state index in [0.717, 1.165) is 30.5 Å². The van der Waals surface area contributed by atoms with Crippen LogP contribution in [0.3, 0.4) is 0 Å². The van der Waals surface area contributed by atoms with Gasteiger partial charge < -0.3 is 15.0 Å². The molecule has 0 saturated carbocycles. The Hall–Kier alpha value is -1.92. The van der Waals surface area contributed by atoms with Crippen LogP contribution in [0.5, 0.6) is 0 Å². The fraction of sp³-hybridized carbons (Fsp3) is 0.500. The van der Waals surface area contributed by atoms with Crippen molar-refractivity contribution in [3.05, 3.63) is 30.1 Å². The van der Waals surface area contributed by atoms with Gasteiger partial charge in [-0.05, 0) is 18.6 Å². The first-order chi connectivity index (χ1) is 10.7. The van der Waals surface area contributed by atoms with Crippen molar-refractivity contribution >= 4 is 16.9 Å². The third kappa shape index (κ3) is 2.98. The van der Waals surface area contributed by atoms with Gasteiger partial charge in [0.1, 0.15) is 5.65 Å². The van der Waals surface area contributed by atoms with E-state index in [4.69, 9.17) is 0 Å². The third-order valence-corrected chi connectivity index (χ3v) is 4.28. The first kappa shape index (κ1) is 15.0. The Morgan fingerprint density at radius 3 is 2.91 bits per heavy atom. The molecule has 0 bridgehead atoms. The standard InChI is InChI=1S/C16H22N4O2/c1-2-12(21)11-19-6-8-20(9-7-19)16(22)14-10-18-15-13(14)4-3-5-17-15/h3-5,10,12,21H,2,6-9,11H2,1H3,(H,17,18)/t12-/m1/s1. The van der Waals surface area contributed by atoms with E-state index in [-0.39, 0.29) is 12.0 Å². The van der Waals surface area contributed by atoms with Crippen molar-refractivity contribution in [1.29, 1.82) is 0 Å². The highest BCUT2D eigenvalue weighted by molar-refractivity contribution is 6.05. The molecule has 2 N–H and O–H groups in total. The van der Waals surface area contributed by atoms with Crippen molar-refractivity contribution in [3.8, 4) is 0 Å². The highest BCUT2D eigenvalue weighted by Crippen LogP contribution is 2.18. The van der Waals surface area contributed by atoms with Crippen LogP contribution in [0.25, 0.3) is 11.0 Å². The van der Waals surface area contributed by atoms with E-state index in [0.29, 0.717) is 25.2 Å². The Kier molecular flexibility index (Phi) is 4.40. The summed E-state index contributed by atoms with van der Waals surface area (Å²) in [4.78, 5) is 24.0. The second-order valence-electron chi connectivity index (χ2n) is 5.76. The van der Waals surface area contributed by atoms with Gasteiger partial charge in [-0.1, -0.05) is 6.92 Å². The van der Waals surface area contributed by atoms with Crippen LogP contribution in [0.4, 0.5) is 0 Å². The molecule has 1 saturated heterocycles. The van der Waals surface area contributed by atoms with Gasteiger partial charge >= 0.3 is 0 Å². The molecule has 1 amide bonds. The third-order valence-electron chi connectivity index (χ3n) is 4.28. The number of carbonyl (C=O) groups is 1. The summed E-state index contributed by atoms with van der Waals surface area (Å²) in [5.41, 5.74) is 1.43. The largest absolute Gasteiger partial charge is 0.392 e. The summed E-state index contributed by atoms with van der Waals surface area (Å²) in [6, 6.07) is 3.76. The molecular weight excluding hydrogens is 280 g/mol. The number of rotatable bonds is 4. The molecule has 1 fully saturated rings. The van der Waals surface area contributed by atoms with Gasteiger partial charge in [0.15, 0.2) is 0 Å². The van der Waals surface area contributed by atoms with Crippen molar-refractivity contribution in [1.82, 2.24) is 19.8 Å². The van der Waals surface area contributed by atoms with E-state index in [1.807, 2.05) is 24.0 Å². The molecule has 0 unspecified atom stereocenters. The van der Waals surface area contributed by atoms with Crippen LogP contribution in [0, 0.1) is 0 Å². The normalized spacial score (nSPS) is 17.8. The summed E-state index contributed by atoms with van der Waals surface area (Å²) >= 11 is 0. The number of piperazine rings is 1. The first-order valence-corrected chi connectivity index (χ1v) is 7.81. The lowest BCUT2D eigenvalue weighted by atomic mass is 10.1. The van der Waals surface area contributed by atoms with Crippen molar-refractivity contribution in [2.75, 3.05) is 32.7 Å². The molecule has 1 aliphatic heterocycles. The number of nitrogens with zero attached hydrogens (tertiary/aromatic N) is 3. The fourth-order valence-electron chi connectivity index (χ4n) is 2.86. The Morgan fingerprint density at radius 1 is 1.41 bits per heavy atom. The molecule has 3 rings (SSSR count). The van der Waals surface area contributed by atoms with E-state index in [1.54, 1.807) is 12.4 Å². The Bertz CT molecular complexity index is 646. The zero-order valence-corrected chi connectivity index (χ0v) is 12.8. The zero-order valence-electron chi connectivity index (χ0n) is 12.8. The van der Waals surface area contributed by atoms with Gasteiger partial charge in [0, 0.05) is 50.5 Å². The van der Waals surface area contributed by atoms with Crippen LogP contribution in [-0.2, 0) is 0 Å². The number of β-amino-alcohol motifs (C(OH)–C–C–N with tert-alkyl or cyclic N) is 1. The number of nitrogens with one attached hydrogen (secondary N) is 1. The molecule has 1 atom stereocenters. The summed E-state index contributed by atoms with van der Waals surface area (Å²) in [5, 5.41) is 10.6. The van der Waals surface area contributed by atoms with Gasteiger partial charge in [-0.25, -0.2) is 4.98 Å². The fourth-order valence-corrected chi connectivity index (χ4v) is 2.86. The molecule has 0 radical (unpaired) electrons. The lowest BCUT2D eigenvalue weighted by Crippen LogP contribution is -2.50. The highest BCUT2D eigenvalue weighted by Gasteiger charge is 2.24. The molecule has 0 aliphatic carbocycles. The molecule has 6 heteroatoms. The monoisotopic (exact) mass is 302 g/mol. The van der Waals surface area contributed by atoms with Gasteiger partial charge in [0.2, 0.25) is 0 Å². The lowest BCUT2D eigenvalue weighted by molar-refractivity contribution is 0.0525. The minimum atomic E-state index is -0.276. The second kappa shape index (κ2) is 6.46. The summed E-state index contributed by atoms with van der Waals surface area (Å²) in [6.45, 7) is 5.68. The van der Waals surface area contributed by atoms with E-state index < -0.39 is 0 Å². The van der Waals surface area contributed by atoms with Gasteiger partial charge in [-0.3, -0.25) is 9.69 Å². The molecule has 6 nitrogen and oxygen atoms in total. The Morgan fingerprint density at radius 2 is 2.18 bits per heavy atom. The number of amides is 1. The topological polar surface area (TPSA) is 72.5 Å². The summed E-state index contributed by atoms with van der Waals surface area (Å²) in [7, 11) is 0. The van der Waals surface area contributed by atoms with Crippen LogP contribution >= 0.6 is 0 Å². The van der Waals surface area contributed by atoms with E-state index in [9.17, 15) is 9.90 Å². The lowest BCUT2D eigenvalue weighted by Gasteiger charge is -2.35. The zero-order chi connectivity index (χ0) is 15.5. The Balaban J connectivity index is 1.65. The molecule has 1 aliphatic rings. The molecule has 2 aromatic heterocycles. The van der Waals surface area contributed by atoms with Crippen LogP contribution < -0.4 is 0 Å². The quantitative estimate of drug-likeness (QED) is 0.887. The number of aromatic amines is 1. The second-order valence-corrected chi connectivity index (χ2v) is 5.76. The minimum absolute atomic E-state index is 0.0509. The van der Waals surface area contributed by atoms with Gasteiger partial charge in [-0.2, -0.15) is 0 Å². The van der Waals surface area contributed by atoms with Crippen LogP contribution in [0.2, 0.25) is 0 Å². The number of aliphatic hydroxyl groups is 1. The van der Waals surface area contributed by atoms with Crippen LogP contribution in [0.1, 0.15) is 23.7 Å². The van der Waals surface area contributed by atoms with Crippen molar-refractivity contribution in [2.45, 2.75) is 19.4 Å². The summed E-state index contributed by atoms with van der Waals surface area (Å²) < 4.78 is 0. The van der Waals surface area contributed by atoms with Crippen molar-refractivity contribution in [2.24, 2.45) is 0 Å². The number of hydrogen-bond donors (Lipinski definition) is 2. The van der Waals surface area contributed by atoms with Crippen LogP contribution in [0.15, 0.2) is 24.5 Å². The smallest absolute Gasteiger partial charge is 0.256 e. The molecule has 2 aromatic rings. The number of hydrogen-bond acceptors (Lipinski definition) is 4. The molecular formula is C16H22N4O2. The highest BCUT2D eigenvalue weighted by atomic mass is 16.3. The maximum absolute atomic E-state index is 12.7. The minimum Gasteiger partial charge on any atom is -0.392 e. The first-order valence-electron chi connectivity index (χ1n) is 7.81. The maximum Gasteiger partial charge on any atom is 0.256 e. The van der Waals surface area contributed by atoms with Crippen LogP contribution in [-0.4, -0.2) is 69.6 Å². The molecule has 22 heavy (non-hydrogen) atoms. The number of aliphatic hydroxyl groups excluding tert-OH is 1. The van der Waals surface area contributed by atoms with Crippen molar-refractivity contribution < 1.29 is 9.90 Å². The van der Waals surface area contributed by atoms with E-state index in [2.05, 4.69) is 14.9 Å². The number of aromatic nitrogens is 2. The number of pyridine rings is 1. The molecule has 3 heterocycles. The van der Waals surface area contributed by atoms with Gasteiger partial charge in [-0.15, -0.1) is 0 Å². The average molecular weight is 302 g/mol. The van der Waals surface area contributed by atoms with E-state index >= 15 is 0 Å². The predicted molar refractivity (Wildman–Crippen MR) is 84.7 cm³/mol. The van der Waals surface area contributed by atoms with E-state index in [1.165, 1.54) is 0 Å².